The molecule has 6 N–H and O–H groups in total. The third kappa shape index (κ3) is 21.4. The van der Waals surface area contributed by atoms with Crippen LogP contribution in [0.2, 0.25) is 0 Å². The van der Waals surface area contributed by atoms with Gasteiger partial charge in [0.25, 0.3) is 6.79 Å². The molecule has 0 heterocycles. The molecule has 6 heteroatoms. The molecule has 48 valence electrons. The molecule has 7 heavy (non-hydrogen) atoms. The highest BCUT2D eigenvalue weighted by atomic mass is 35.5. The zero-order chi connectivity index (χ0) is 4.12. The molecule has 0 radical (unpaired) electrons. The molecule has 0 spiro atoms. The molecular weight excluding hydrogens is 143 g/mol. The van der Waals surface area contributed by atoms with Crippen molar-refractivity contribution in [1.29, 1.82) is 0 Å². The molecular formula is CH8Cl2N2O2. The summed E-state index contributed by atoms with van der Waals surface area (Å²) in [4.78, 5) is 8.31. The SMILES string of the molecule is [Cl-].[Cl-].[NH3+]OCO[NH3+]. The Morgan fingerprint density at radius 3 is 1.29 bits per heavy atom. The van der Waals surface area contributed by atoms with Crippen LogP contribution < -0.4 is 36.6 Å². The van der Waals surface area contributed by atoms with Crippen LogP contribution in [0.1, 0.15) is 0 Å². The van der Waals surface area contributed by atoms with E-state index in [-0.39, 0.29) is 31.6 Å². The van der Waals surface area contributed by atoms with Crippen molar-refractivity contribution in [2.45, 2.75) is 0 Å². The zero-order valence-electron chi connectivity index (χ0n) is 3.69. The molecule has 0 aromatic heterocycles. The summed E-state index contributed by atoms with van der Waals surface area (Å²) in [6.07, 6.45) is 0. The Bertz CT molecular complexity index is 21.2. The largest absolute Gasteiger partial charge is 1.00 e. The molecule has 0 aromatic rings. The molecule has 0 aliphatic rings. The van der Waals surface area contributed by atoms with Crippen LogP contribution in [0, 0.1) is 0 Å². The smallest absolute Gasteiger partial charge is 0.260 e. The van der Waals surface area contributed by atoms with Crippen molar-refractivity contribution < 1.29 is 46.3 Å². The van der Waals surface area contributed by atoms with E-state index in [1.165, 1.54) is 0 Å². The lowest BCUT2D eigenvalue weighted by atomic mass is 11.5. The molecule has 4 nitrogen and oxygen atoms in total. The summed E-state index contributed by atoms with van der Waals surface area (Å²) >= 11 is 0. The molecule has 0 aromatic carbocycles. The molecule has 0 saturated heterocycles. The lowest BCUT2D eigenvalue weighted by Gasteiger charge is -1.78. The predicted octanol–water partition coefficient (Wildman–Crippen LogP) is -8.70. The Labute approximate surface area is 53.9 Å². The summed E-state index contributed by atoms with van der Waals surface area (Å²) in [6.45, 7) is 0.167. The predicted molar refractivity (Wildman–Crippen MR) is 12.8 cm³/mol. The highest BCUT2D eigenvalue weighted by Gasteiger charge is 1.72. The van der Waals surface area contributed by atoms with Crippen molar-refractivity contribution in [3.05, 3.63) is 0 Å². The minimum atomic E-state index is 0. The average molecular weight is 151 g/mol. The van der Waals surface area contributed by atoms with Gasteiger partial charge in [0.15, 0.2) is 0 Å². The van der Waals surface area contributed by atoms with Crippen LogP contribution >= 0.6 is 0 Å². The molecule has 0 rings (SSSR count). The maximum Gasteiger partial charge on any atom is 0.260 e. The Morgan fingerprint density at radius 1 is 1.00 bits per heavy atom. The van der Waals surface area contributed by atoms with E-state index in [0.717, 1.165) is 0 Å². The maximum absolute atomic E-state index is 4.16. The van der Waals surface area contributed by atoms with E-state index >= 15 is 0 Å². The first-order chi connectivity index (χ1) is 2.41. The molecule has 0 amide bonds. The maximum atomic E-state index is 4.16. The van der Waals surface area contributed by atoms with Crippen molar-refractivity contribution in [1.82, 2.24) is 0 Å². The van der Waals surface area contributed by atoms with E-state index in [2.05, 4.69) is 21.5 Å². The molecule has 0 atom stereocenters. The summed E-state index contributed by atoms with van der Waals surface area (Å²) in [6, 6.07) is 0. The molecule has 0 aliphatic carbocycles. The number of hydrogen-bond acceptors (Lipinski definition) is 2. The molecule has 0 fully saturated rings. The quantitative estimate of drug-likeness (QED) is 0.304. The number of quaternary nitrogens is 2. The van der Waals surface area contributed by atoms with Crippen LogP contribution in [0.5, 0.6) is 0 Å². The zero-order valence-corrected chi connectivity index (χ0v) is 5.21. The number of rotatable bonds is 2. The lowest BCUT2D eigenvalue weighted by Crippen LogP contribution is -3.00. The highest BCUT2D eigenvalue weighted by Crippen LogP contribution is 1.44. The summed E-state index contributed by atoms with van der Waals surface area (Å²) < 4.78 is 0. The summed E-state index contributed by atoms with van der Waals surface area (Å²) in [5.74, 6) is 6.02. The topological polar surface area (TPSA) is 73.7 Å². The van der Waals surface area contributed by atoms with E-state index in [1.807, 2.05) is 0 Å². The standard InChI is InChI=1S/CH8N2O2.2ClH/c2-4-1-5-3;;/h1H2,2-3H3;2*1H/q+2;;/p-2. The van der Waals surface area contributed by atoms with Crippen molar-refractivity contribution in [2.75, 3.05) is 6.79 Å². The normalized spacial score (nSPS) is 6.00. The number of hydrogen-bond donors (Lipinski definition) is 2. The first-order valence-corrected chi connectivity index (χ1v) is 1.15. The van der Waals surface area contributed by atoms with Crippen LogP contribution in [0.4, 0.5) is 0 Å². The van der Waals surface area contributed by atoms with Crippen molar-refractivity contribution >= 4 is 0 Å². The van der Waals surface area contributed by atoms with Gasteiger partial charge in [0.05, 0.1) is 0 Å². The fourth-order valence-corrected chi connectivity index (χ4v) is 0.0589. The van der Waals surface area contributed by atoms with Gasteiger partial charge in [0, 0.05) is 0 Å². The minimum Gasteiger partial charge on any atom is -1.00 e. The third-order valence-electron chi connectivity index (χ3n) is 0.167. The average Bonchev–Trinajstić information content (AvgIpc) is 1.41. The Kier molecular flexibility index (Phi) is 36.1. The van der Waals surface area contributed by atoms with Gasteiger partial charge < -0.3 is 24.8 Å². The Morgan fingerprint density at radius 2 is 1.29 bits per heavy atom. The summed E-state index contributed by atoms with van der Waals surface area (Å²) in [7, 11) is 0. The van der Waals surface area contributed by atoms with Gasteiger partial charge in [-0.15, -0.1) is 0 Å². The molecule has 0 saturated carbocycles. The molecule has 0 bridgehead atoms. The summed E-state index contributed by atoms with van der Waals surface area (Å²) in [5.41, 5.74) is 0. The second-order valence-corrected chi connectivity index (χ2v) is 0.526. The Balaban J connectivity index is -0.0000000800. The van der Waals surface area contributed by atoms with Gasteiger partial charge in [0.2, 0.25) is 0 Å². The van der Waals surface area contributed by atoms with Crippen LogP contribution in [-0.4, -0.2) is 6.79 Å². The minimum absolute atomic E-state index is 0. The van der Waals surface area contributed by atoms with Crippen LogP contribution in [0.3, 0.4) is 0 Å². The first kappa shape index (κ1) is 15.7. The van der Waals surface area contributed by atoms with Gasteiger partial charge in [-0.05, 0) is 0 Å². The second kappa shape index (κ2) is 16.1. The Hall–Kier alpha value is 0.420. The fraction of sp³-hybridized carbons (Fsp3) is 1.00. The summed E-state index contributed by atoms with van der Waals surface area (Å²) in [5, 5.41) is 0. The monoisotopic (exact) mass is 150 g/mol. The van der Waals surface area contributed by atoms with Gasteiger partial charge in [0.1, 0.15) is 0 Å². The van der Waals surface area contributed by atoms with E-state index in [4.69, 9.17) is 0 Å². The van der Waals surface area contributed by atoms with Gasteiger partial charge >= 0.3 is 0 Å². The van der Waals surface area contributed by atoms with Crippen LogP contribution in [-0.2, 0) is 9.68 Å². The molecule has 0 aliphatic heterocycles. The van der Waals surface area contributed by atoms with Crippen molar-refractivity contribution in [3.63, 3.8) is 0 Å². The molecule has 0 unspecified atom stereocenters. The van der Waals surface area contributed by atoms with Gasteiger partial charge in [-0.1, -0.05) is 0 Å². The van der Waals surface area contributed by atoms with E-state index in [1.54, 1.807) is 0 Å². The third-order valence-corrected chi connectivity index (χ3v) is 0.167. The van der Waals surface area contributed by atoms with E-state index in [9.17, 15) is 0 Å². The van der Waals surface area contributed by atoms with Crippen LogP contribution in [0.25, 0.3) is 0 Å². The fourth-order valence-electron chi connectivity index (χ4n) is 0.0589. The van der Waals surface area contributed by atoms with E-state index < -0.39 is 0 Å². The van der Waals surface area contributed by atoms with Crippen molar-refractivity contribution in [2.24, 2.45) is 0 Å². The van der Waals surface area contributed by atoms with E-state index in [0.29, 0.717) is 0 Å². The number of halogens is 2. The van der Waals surface area contributed by atoms with Crippen LogP contribution in [0.15, 0.2) is 0 Å². The first-order valence-electron chi connectivity index (χ1n) is 1.15. The second-order valence-electron chi connectivity index (χ2n) is 0.526. The van der Waals surface area contributed by atoms with Gasteiger partial charge in [-0.25, -0.2) is 11.8 Å². The lowest BCUT2D eigenvalue weighted by molar-refractivity contribution is -0.773. The van der Waals surface area contributed by atoms with Gasteiger partial charge in [-0.3, -0.25) is 0 Å². The van der Waals surface area contributed by atoms with Gasteiger partial charge in [-0.2, -0.15) is 9.68 Å². The highest BCUT2D eigenvalue weighted by molar-refractivity contribution is 3.63. The van der Waals surface area contributed by atoms with Crippen molar-refractivity contribution in [3.8, 4) is 0 Å².